The van der Waals surface area contributed by atoms with Crippen molar-refractivity contribution in [3.05, 3.63) is 58.6 Å². The lowest BCUT2D eigenvalue weighted by atomic mass is 10.0. The molecule has 3 rings (SSSR count). The summed E-state index contributed by atoms with van der Waals surface area (Å²) in [7, 11) is -1.72. The molecule has 1 N–H and O–H groups in total. The maximum Gasteiger partial charge on any atom is 0.257 e. The van der Waals surface area contributed by atoms with Crippen LogP contribution in [-0.4, -0.2) is 56.8 Å². The largest absolute Gasteiger partial charge is 0.322 e. The number of carbonyl (C=O) groups is 1. The predicted octanol–water partition coefficient (Wildman–Crippen LogP) is 3.65. The zero-order valence-electron chi connectivity index (χ0n) is 16.9. The first kappa shape index (κ1) is 21.8. The van der Waals surface area contributed by atoms with Crippen molar-refractivity contribution in [2.24, 2.45) is 0 Å². The van der Waals surface area contributed by atoms with Crippen LogP contribution in [0.5, 0.6) is 0 Å². The molecule has 6 nitrogen and oxygen atoms in total. The van der Waals surface area contributed by atoms with Gasteiger partial charge in [0.15, 0.2) is 0 Å². The summed E-state index contributed by atoms with van der Waals surface area (Å²) >= 11 is 6.20. The molecule has 156 valence electrons. The van der Waals surface area contributed by atoms with Crippen LogP contribution < -0.4 is 5.32 Å². The third kappa shape index (κ3) is 4.98. The number of carbonyl (C=O) groups excluding carboxylic acids is 1. The fourth-order valence-electron chi connectivity index (χ4n) is 3.17. The number of sulfonamides is 1. The number of likely N-dealkylation sites (N-methyl/N-ethyl adjacent to an activating group) is 1. The molecule has 1 amide bonds. The molecule has 8 heteroatoms. The summed E-state index contributed by atoms with van der Waals surface area (Å²) in [5.41, 5.74) is 1.93. The molecule has 0 atom stereocenters. The van der Waals surface area contributed by atoms with Crippen molar-refractivity contribution in [3.8, 4) is 0 Å². The first-order chi connectivity index (χ1) is 13.7. The fraction of sp³-hybridized carbons (Fsp3) is 0.381. The van der Waals surface area contributed by atoms with E-state index in [2.05, 4.69) is 24.1 Å². The first-order valence-electron chi connectivity index (χ1n) is 9.58. The molecule has 29 heavy (non-hydrogen) atoms. The predicted molar refractivity (Wildman–Crippen MR) is 116 cm³/mol. The lowest BCUT2D eigenvalue weighted by Crippen LogP contribution is -2.47. The van der Waals surface area contributed by atoms with Gasteiger partial charge in [0.2, 0.25) is 10.0 Å². The van der Waals surface area contributed by atoms with Crippen LogP contribution in [0.4, 0.5) is 5.69 Å². The third-order valence-electron chi connectivity index (χ3n) is 5.12. The van der Waals surface area contributed by atoms with Gasteiger partial charge in [0.05, 0.1) is 15.5 Å². The average molecular weight is 436 g/mol. The third-order valence-corrected chi connectivity index (χ3v) is 7.34. The number of piperazine rings is 1. The van der Waals surface area contributed by atoms with Crippen molar-refractivity contribution in [2.75, 3.05) is 38.5 Å². The second-order valence-electron chi connectivity index (χ2n) is 7.58. The average Bonchev–Trinajstić information content (AvgIpc) is 2.68. The molecule has 1 heterocycles. The smallest absolute Gasteiger partial charge is 0.257 e. The molecular weight excluding hydrogens is 410 g/mol. The minimum absolute atomic E-state index is 0.0757. The minimum atomic E-state index is -3.68. The summed E-state index contributed by atoms with van der Waals surface area (Å²) < 4.78 is 27.4. The van der Waals surface area contributed by atoms with Crippen molar-refractivity contribution in [2.45, 2.75) is 24.7 Å². The van der Waals surface area contributed by atoms with E-state index in [1.54, 1.807) is 0 Å². The van der Waals surface area contributed by atoms with E-state index in [4.69, 9.17) is 11.6 Å². The van der Waals surface area contributed by atoms with E-state index in [-0.39, 0.29) is 15.5 Å². The molecule has 0 aromatic heterocycles. The van der Waals surface area contributed by atoms with E-state index in [0.29, 0.717) is 37.8 Å². The summed E-state index contributed by atoms with van der Waals surface area (Å²) in [5, 5.41) is 3.00. The van der Waals surface area contributed by atoms with Crippen molar-refractivity contribution in [3.63, 3.8) is 0 Å². The van der Waals surface area contributed by atoms with Crippen molar-refractivity contribution >= 4 is 33.2 Å². The fourth-order valence-corrected chi connectivity index (χ4v) is 4.82. The van der Waals surface area contributed by atoms with Gasteiger partial charge < -0.3 is 10.2 Å². The maximum absolute atomic E-state index is 13.0. The quantitative estimate of drug-likeness (QED) is 0.778. The Hall–Kier alpha value is -1.93. The topological polar surface area (TPSA) is 69.7 Å². The molecule has 0 saturated carbocycles. The van der Waals surface area contributed by atoms with Gasteiger partial charge in [-0.2, -0.15) is 4.31 Å². The minimum Gasteiger partial charge on any atom is -0.322 e. The molecule has 0 bridgehead atoms. The van der Waals surface area contributed by atoms with Gasteiger partial charge in [-0.3, -0.25) is 4.79 Å². The van der Waals surface area contributed by atoms with Gasteiger partial charge in [-0.1, -0.05) is 37.6 Å². The van der Waals surface area contributed by atoms with E-state index in [9.17, 15) is 13.2 Å². The van der Waals surface area contributed by atoms with Gasteiger partial charge in [-0.25, -0.2) is 8.42 Å². The molecular formula is C21H26ClN3O3S. The van der Waals surface area contributed by atoms with Crippen LogP contribution in [0.1, 0.15) is 35.7 Å². The molecule has 1 fully saturated rings. The Morgan fingerprint density at radius 1 is 1.03 bits per heavy atom. The summed E-state index contributed by atoms with van der Waals surface area (Å²) in [6, 6.07) is 11.8. The zero-order valence-corrected chi connectivity index (χ0v) is 18.4. The van der Waals surface area contributed by atoms with Crippen LogP contribution in [0.2, 0.25) is 5.02 Å². The van der Waals surface area contributed by atoms with Crippen LogP contribution in [0.3, 0.4) is 0 Å². The number of nitrogens with zero attached hydrogens (tertiary/aromatic N) is 2. The maximum atomic E-state index is 13.0. The summed E-state index contributed by atoms with van der Waals surface area (Å²) in [5.74, 6) is -0.0478. The number of rotatable bonds is 5. The molecule has 0 spiro atoms. The molecule has 0 radical (unpaired) electrons. The highest BCUT2D eigenvalue weighted by Crippen LogP contribution is 2.25. The van der Waals surface area contributed by atoms with Crippen LogP contribution >= 0.6 is 11.6 Å². The van der Waals surface area contributed by atoms with E-state index in [1.165, 1.54) is 28.1 Å². The number of hydrogen-bond acceptors (Lipinski definition) is 4. The van der Waals surface area contributed by atoms with E-state index in [1.807, 2.05) is 31.3 Å². The van der Waals surface area contributed by atoms with Crippen LogP contribution in [-0.2, 0) is 10.0 Å². The summed E-state index contributed by atoms with van der Waals surface area (Å²) in [6.07, 6.45) is 0. The zero-order chi connectivity index (χ0) is 21.2. The van der Waals surface area contributed by atoms with Gasteiger partial charge in [0.1, 0.15) is 0 Å². The van der Waals surface area contributed by atoms with Crippen molar-refractivity contribution in [1.82, 2.24) is 9.21 Å². The highest BCUT2D eigenvalue weighted by atomic mass is 35.5. The Labute approximate surface area is 177 Å². The highest BCUT2D eigenvalue weighted by molar-refractivity contribution is 7.89. The molecule has 2 aromatic carbocycles. The number of anilines is 1. The Morgan fingerprint density at radius 3 is 2.24 bits per heavy atom. The van der Waals surface area contributed by atoms with E-state index >= 15 is 0 Å². The standard InChI is InChI=1S/C21H26ClN3O3S/c1-15(2)16-4-6-17(7-5-16)23-21(26)19-14-18(8-9-20(19)22)29(27,28)25-12-10-24(3)11-13-25/h4-9,14-15H,10-13H2,1-3H3,(H,23,26). The molecule has 1 aliphatic heterocycles. The second kappa shape index (κ2) is 8.83. The van der Waals surface area contributed by atoms with Crippen LogP contribution in [0.15, 0.2) is 47.4 Å². The number of benzene rings is 2. The molecule has 2 aromatic rings. The molecule has 0 aliphatic carbocycles. The van der Waals surface area contributed by atoms with Crippen molar-refractivity contribution in [1.29, 1.82) is 0 Å². The van der Waals surface area contributed by atoms with E-state index < -0.39 is 15.9 Å². The molecule has 1 aliphatic rings. The lowest BCUT2D eigenvalue weighted by Gasteiger charge is -2.31. The van der Waals surface area contributed by atoms with Gasteiger partial charge in [0.25, 0.3) is 5.91 Å². The van der Waals surface area contributed by atoms with Gasteiger partial charge >= 0.3 is 0 Å². The highest BCUT2D eigenvalue weighted by Gasteiger charge is 2.28. The number of hydrogen-bond donors (Lipinski definition) is 1. The van der Waals surface area contributed by atoms with Crippen LogP contribution in [0.25, 0.3) is 0 Å². The first-order valence-corrected chi connectivity index (χ1v) is 11.4. The molecule has 0 unspecified atom stereocenters. The van der Waals surface area contributed by atoms with E-state index in [0.717, 1.165) is 0 Å². The van der Waals surface area contributed by atoms with Gasteiger partial charge in [0, 0.05) is 31.9 Å². The SMILES string of the molecule is CC(C)c1ccc(NC(=O)c2cc(S(=O)(=O)N3CCN(C)CC3)ccc2Cl)cc1. The second-order valence-corrected chi connectivity index (χ2v) is 9.92. The number of amides is 1. The monoisotopic (exact) mass is 435 g/mol. The van der Waals surface area contributed by atoms with Crippen molar-refractivity contribution < 1.29 is 13.2 Å². The molecule has 1 saturated heterocycles. The van der Waals surface area contributed by atoms with Crippen LogP contribution in [0, 0.1) is 0 Å². The Balaban J connectivity index is 1.82. The number of nitrogens with one attached hydrogen (secondary N) is 1. The summed E-state index contributed by atoms with van der Waals surface area (Å²) in [4.78, 5) is 14.9. The number of halogens is 1. The lowest BCUT2D eigenvalue weighted by molar-refractivity contribution is 0.102. The normalized spacial score (nSPS) is 16.2. The van der Waals surface area contributed by atoms with Gasteiger partial charge in [-0.15, -0.1) is 0 Å². The Kier molecular flexibility index (Phi) is 6.63. The Morgan fingerprint density at radius 2 is 1.66 bits per heavy atom. The Bertz CT molecular complexity index is 983. The summed E-state index contributed by atoms with van der Waals surface area (Å²) in [6.45, 7) is 6.38. The van der Waals surface area contributed by atoms with Gasteiger partial charge in [-0.05, 0) is 48.9 Å².